The monoisotopic (exact) mass is 353 g/mol. The van der Waals surface area contributed by atoms with Crippen LogP contribution in [0.5, 0.6) is 0 Å². The molecule has 4 rings (SSSR count). The van der Waals surface area contributed by atoms with Crippen molar-refractivity contribution in [2.45, 2.75) is 13.1 Å². The Morgan fingerprint density at radius 2 is 1.50 bits per heavy atom. The lowest BCUT2D eigenvalue weighted by Crippen LogP contribution is -2.08. The molecule has 0 N–H and O–H groups in total. The fraction of sp³-hybridized carbons (Fsp3) is 0.100. The quantitative estimate of drug-likeness (QED) is 0.482. The van der Waals surface area contributed by atoms with Crippen molar-refractivity contribution in [3.05, 3.63) is 78.0 Å². The zero-order chi connectivity index (χ0) is 18.3. The first-order chi connectivity index (χ1) is 12.4. The molecule has 0 saturated heterocycles. The molecule has 0 fully saturated rings. The molecule has 0 spiro atoms. The number of hydrogen-bond acceptors (Lipinski definition) is 2. The van der Waals surface area contributed by atoms with Crippen LogP contribution in [0.1, 0.15) is 11.3 Å². The van der Waals surface area contributed by atoms with Crippen LogP contribution in [0, 0.1) is 6.92 Å². The first-order valence-corrected chi connectivity index (χ1v) is 8.03. The zero-order valence-corrected chi connectivity index (χ0v) is 13.8. The molecule has 0 atom stereocenters. The van der Waals surface area contributed by atoms with E-state index in [1.165, 1.54) is 4.68 Å². The molecule has 0 aliphatic rings. The standard InChI is InChI=1S/C20H14F3N3/c1-13-12-16(20(21,22)23)17-18(14-8-4-2-5-9-14)25-26(19(17)24-13)15-10-6-3-7-11-15/h2-12H,1H3. The Morgan fingerprint density at radius 1 is 0.885 bits per heavy atom. The summed E-state index contributed by atoms with van der Waals surface area (Å²) in [5.41, 5.74) is 1.31. The van der Waals surface area contributed by atoms with Gasteiger partial charge in [0.2, 0.25) is 0 Å². The van der Waals surface area contributed by atoms with Gasteiger partial charge in [0, 0.05) is 11.3 Å². The molecule has 0 unspecified atom stereocenters. The highest BCUT2D eigenvalue weighted by Crippen LogP contribution is 2.39. The van der Waals surface area contributed by atoms with Crippen LogP contribution in [-0.4, -0.2) is 14.8 Å². The maximum Gasteiger partial charge on any atom is 0.417 e. The Kier molecular flexibility index (Phi) is 3.76. The van der Waals surface area contributed by atoms with E-state index in [0.717, 1.165) is 6.07 Å². The van der Waals surface area contributed by atoms with Gasteiger partial charge in [0.1, 0.15) is 5.69 Å². The van der Waals surface area contributed by atoms with Gasteiger partial charge in [-0.05, 0) is 25.1 Å². The molecule has 2 heterocycles. The summed E-state index contributed by atoms with van der Waals surface area (Å²) in [7, 11) is 0. The number of fused-ring (bicyclic) bond motifs is 1. The number of pyridine rings is 1. The number of benzene rings is 2. The number of para-hydroxylation sites is 1. The molecule has 2 aromatic heterocycles. The van der Waals surface area contributed by atoms with Crippen molar-refractivity contribution in [2.24, 2.45) is 0 Å². The lowest BCUT2D eigenvalue weighted by molar-refractivity contribution is -0.136. The first kappa shape index (κ1) is 16.3. The average molecular weight is 353 g/mol. The molecule has 0 saturated carbocycles. The normalized spacial score (nSPS) is 11.8. The highest BCUT2D eigenvalue weighted by molar-refractivity contribution is 5.95. The number of halogens is 3. The van der Waals surface area contributed by atoms with Gasteiger partial charge in [-0.15, -0.1) is 0 Å². The molecule has 0 aliphatic carbocycles. The van der Waals surface area contributed by atoms with Crippen molar-refractivity contribution < 1.29 is 13.2 Å². The van der Waals surface area contributed by atoms with Crippen LogP contribution in [0.2, 0.25) is 0 Å². The van der Waals surface area contributed by atoms with E-state index in [4.69, 9.17) is 0 Å². The summed E-state index contributed by atoms with van der Waals surface area (Å²) in [6, 6.07) is 19.0. The van der Waals surface area contributed by atoms with Crippen LogP contribution in [0.4, 0.5) is 13.2 Å². The van der Waals surface area contributed by atoms with Crippen molar-refractivity contribution >= 4 is 11.0 Å². The third-order valence-electron chi connectivity index (χ3n) is 4.12. The van der Waals surface area contributed by atoms with Gasteiger partial charge in [0.05, 0.1) is 16.6 Å². The summed E-state index contributed by atoms with van der Waals surface area (Å²) in [4.78, 5) is 4.37. The van der Waals surface area contributed by atoms with Crippen LogP contribution < -0.4 is 0 Å². The second-order valence-corrected chi connectivity index (χ2v) is 5.97. The van der Waals surface area contributed by atoms with Gasteiger partial charge >= 0.3 is 6.18 Å². The van der Waals surface area contributed by atoms with E-state index < -0.39 is 11.7 Å². The molecule has 0 amide bonds. The summed E-state index contributed by atoms with van der Waals surface area (Å²) < 4.78 is 42.7. The number of alkyl halides is 3. The van der Waals surface area contributed by atoms with Crippen LogP contribution in [0.15, 0.2) is 66.7 Å². The van der Waals surface area contributed by atoms with Gasteiger partial charge in [-0.1, -0.05) is 48.5 Å². The van der Waals surface area contributed by atoms with Gasteiger partial charge in [0.15, 0.2) is 5.65 Å². The summed E-state index contributed by atoms with van der Waals surface area (Å²) in [5.74, 6) is 0. The Morgan fingerprint density at radius 3 is 2.12 bits per heavy atom. The Labute approximate surface area is 147 Å². The van der Waals surface area contributed by atoms with E-state index >= 15 is 0 Å². The second kappa shape index (κ2) is 5.98. The lowest BCUT2D eigenvalue weighted by atomic mass is 10.0. The fourth-order valence-electron chi connectivity index (χ4n) is 3.01. The Bertz CT molecular complexity index is 1070. The minimum Gasteiger partial charge on any atom is -0.233 e. The van der Waals surface area contributed by atoms with Crippen LogP contribution in [0.25, 0.3) is 28.0 Å². The molecule has 2 aromatic carbocycles. The van der Waals surface area contributed by atoms with E-state index in [9.17, 15) is 13.2 Å². The topological polar surface area (TPSA) is 30.7 Å². The maximum atomic E-state index is 13.7. The smallest absolute Gasteiger partial charge is 0.233 e. The minimum atomic E-state index is -4.50. The maximum absolute atomic E-state index is 13.7. The van der Waals surface area contributed by atoms with Crippen molar-refractivity contribution in [3.63, 3.8) is 0 Å². The van der Waals surface area contributed by atoms with E-state index in [1.807, 2.05) is 24.3 Å². The van der Waals surface area contributed by atoms with Crippen LogP contribution in [-0.2, 0) is 6.18 Å². The Balaban J connectivity index is 2.14. The summed E-state index contributed by atoms with van der Waals surface area (Å²) in [6.45, 7) is 1.55. The van der Waals surface area contributed by atoms with Gasteiger partial charge < -0.3 is 0 Å². The van der Waals surface area contributed by atoms with Gasteiger partial charge in [0.25, 0.3) is 0 Å². The van der Waals surface area contributed by atoms with Crippen molar-refractivity contribution in [1.82, 2.24) is 14.8 Å². The first-order valence-electron chi connectivity index (χ1n) is 8.03. The highest BCUT2D eigenvalue weighted by atomic mass is 19.4. The summed E-state index contributed by atoms with van der Waals surface area (Å²) in [6.07, 6.45) is -4.50. The van der Waals surface area contributed by atoms with Crippen LogP contribution in [0.3, 0.4) is 0 Å². The van der Waals surface area contributed by atoms with Gasteiger partial charge in [-0.25, -0.2) is 9.67 Å². The number of nitrogens with zero attached hydrogens (tertiary/aromatic N) is 3. The molecular formula is C20H14F3N3. The van der Waals surface area contributed by atoms with Crippen molar-refractivity contribution in [2.75, 3.05) is 0 Å². The predicted octanol–water partition coefficient (Wildman–Crippen LogP) is 5.41. The molecular weight excluding hydrogens is 339 g/mol. The van der Waals surface area contributed by atoms with Crippen molar-refractivity contribution in [1.29, 1.82) is 0 Å². The molecule has 6 heteroatoms. The van der Waals surface area contributed by atoms with E-state index in [-0.39, 0.29) is 16.7 Å². The van der Waals surface area contributed by atoms with E-state index in [2.05, 4.69) is 10.1 Å². The summed E-state index contributed by atoms with van der Waals surface area (Å²) in [5, 5.41) is 4.51. The van der Waals surface area contributed by atoms with Gasteiger partial charge in [-0.2, -0.15) is 18.3 Å². The molecule has 26 heavy (non-hydrogen) atoms. The zero-order valence-electron chi connectivity index (χ0n) is 13.8. The van der Waals surface area contributed by atoms with E-state index in [1.54, 1.807) is 43.3 Å². The third-order valence-corrected chi connectivity index (χ3v) is 4.12. The number of hydrogen-bond donors (Lipinski definition) is 0. The number of aromatic nitrogens is 3. The lowest BCUT2D eigenvalue weighted by Gasteiger charge is -2.10. The van der Waals surface area contributed by atoms with Crippen LogP contribution >= 0.6 is 0 Å². The fourth-order valence-corrected chi connectivity index (χ4v) is 3.01. The number of aryl methyl sites for hydroxylation is 1. The Hall–Kier alpha value is -3.15. The molecule has 0 aliphatic heterocycles. The molecule has 130 valence electrons. The number of rotatable bonds is 2. The van der Waals surface area contributed by atoms with E-state index in [0.29, 0.717) is 16.9 Å². The largest absolute Gasteiger partial charge is 0.417 e. The SMILES string of the molecule is Cc1cc(C(F)(F)F)c2c(-c3ccccc3)nn(-c3ccccc3)c2n1. The molecule has 3 nitrogen and oxygen atoms in total. The third kappa shape index (κ3) is 2.73. The summed E-state index contributed by atoms with van der Waals surface area (Å²) >= 11 is 0. The molecule has 4 aromatic rings. The van der Waals surface area contributed by atoms with Crippen molar-refractivity contribution in [3.8, 4) is 16.9 Å². The predicted molar refractivity (Wildman–Crippen MR) is 94.0 cm³/mol. The average Bonchev–Trinajstić information content (AvgIpc) is 3.01. The molecule has 0 radical (unpaired) electrons. The van der Waals surface area contributed by atoms with Gasteiger partial charge in [-0.3, -0.25) is 0 Å². The minimum absolute atomic E-state index is 0.0122. The second-order valence-electron chi connectivity index (χ2n) is 5.97. The highest BCUT2D eigenvalue weighted by Gasteiger charge is 2.36. The molecule has 0 bridgehead atoms.